The zero-order valence-electron chi connectivity index (χ0n) is 15.9. The Bertz CT molecular complexity index is 1130. The Morgan fingerprint density at radius 1 is 1.07 bits per heavy atom. The second-order valence-corrected chi connectivity index (χ2v) is 6.43. The van der Waals surface area contributed by atoms with Crippen molar-refractivity contribution in [1.82, 2.24) is 29.9 Å². The van der Waals surface area contributed by atoms with Gasteiger partial charge in [-0.25, -0.2) is 0 Å². The molecule has 0 aliphatic carbocycles. The van der Waals surface area contributed by atoms with Crippen LogP contribution in [0.1, 0.15) is 17.7 Å². The number of anilines is 1. The van der Waals surface area contributed by atoms with Crippen LogP contribution in [0.15, 0.2) is 48.8 Å². The van der Waals surface area contributed by atoms with Gasteiger partial charge in [-0.05, 0) is 0 Å². The van der Waals surface area contributed by atoms with Crippen LogP contribution in [0.25, 0.3) is 22.6 Å². The standard InChI is InChI=1S/C19H16BF2N7O/c1-29-15(18(27-28-29)14-4-2-12(9-24-14)19(21)22)10-30-16-6-5-13(26-20-16)11-3-7-17(23)25-8-11/h2-9,19H,10H2,1H3,(H2,23,25). The third kappa shape index (κ3) is 4.14. The average molecular weight is 407 g/mol. The molecule has 0 saturated carbocycles. The van der Waals surface area contributed by atoms with Crippen LogP contribution in [-0.2, 0) is 13.7 Å². The van der Waals surface area contributed by atoms with Gasteiger partial charge in [0.1, 0.15) is 0 Å². The predicted molar refractivity (Wildman–Crippen MR) is 107 cm³/mol. The van der Waals surface area contributed by atoms with Crippen LogP contribution >= 0.6 is 0 Å². The van der Waals surface area contributed by atoms with Crippen molar-refractivity contribution in [2.45, 2.75) is 13.0 Å². The molecule has 8 nitrogen and oxygen atoms in total. The Morgan fingerprint density at radius 3 is 2.53 bits per heavy atom. The number of aryl methyl sites for hydroxylation is 1. The molecule has 0 aliphatic rings. The van der Waals surface area contributed by atoms with Gasteiger partial charge in [0.05, 0.1) is 0 Å². The SMILES string of the molecule is Cn1nnc(-c2ccc(C(F)F)cn2)c1COc1bnc(-c2ccc(N)nc2)cc1. The monoisotopic (exact) mass is 407 g/mol. The summed E-state index contributed by atoms with van der Waals surface area (Å²) in [6.07, 6.45) is 0.210. The Balaban J connectivity index is 1.49. The molecule has 0 radical (unpaired) electrons. The number of aromatic nitrogens is 6. The summed E-state index contributed by atoms with van der Waals surface area (Å²) in [5.74, 6) is 0.442. The Morgan fingerprint density at radius 2 is 1.90 bits per heavy atom. The molecule has 11 heteroatoms. The number of hydrogen-bond donors (Lipinski definition) is 1. The molecule has 0 spiro atoms. The van der Waals surface area contributed by atoms with Crippen molar-refractivity contribution in [3.05, 3.63) is 60.0 Å². The first kappa shape index (κ1) is 19.6. The van der Waals surface area contributed by atoms with Gasteiger partial charge in [-0.1, -0.05) is 0 Å². The fraction of sp³-hybridized carbons (Fsp3) is 0.158. The van der Waals surface area contributed by atoms with Crippen LogP contribution in [0.2, 0.25) is 0 Å². The molecule has 0 saturated heterocycles. The van der Waals surface area contributed by atoms with Crippen LogP contribution in [-0.4, -0.2) is 36.9 Å². The fourth-order valence-corrected chi connectivity index (χ4v) is 2.76. The number of nitrogen functional groups attached to an aromatic ring is 1. The summed E-state index contributed by atoms with van der Waals surface area (Å²) in [6, 6.07) is 9.96. The molecule has 0 atom stereocenters. The van der Waals surface area contributed by atoms with Crippen molar-refractivity contribution >= 4 is 12.9 Å². The number of rotatable bonds is 6. The molecule has 2 N–H and O–H groups in total. The second kappa shape index (κ2) is 8.32. The molecular weight excluding hydrogens is 391 g/mol. The molecule has 4 aromatic heterocycles. The van der Waals surface area contributed by atoms with E-state index in [1.165, 1.54) is 12.1 Å². The first-order valence-corrected chi connectivity index (χ1v) is 8.95. The summed E-state index contributed by atoms with van der Waals surface area (Å²) in [5, 5.41) is 8.07. The van der Waals surface area contributed by atoms with Crippen molar-refractivity contribution in [1.29, 1.82) is 0 Å². The van der Waals surface area contributed by atoms with Gasteiger partial charge in [0, 0.05) is 0 Å². The molecular formula is C19H16BF2N7O. The molecule has 4 rings (SSSR count). The van der Waals surface area contributed by atoms with Crippen LogP contribution in [0.3, 0.4) is 0 Å². The Hall–Kier alpha value is -3.76. The molecule has 4 heterocycles. The summed E-state index contributed by atoms with van der Waals surface area (Å²) in [5.41, 5.74) is 9.14. The summed E-state index contributed by atoms with van der Waals surface area (Å²) in [4.78, 5) is 12.5. The normalized spacial score (nSPS) is 10.9. The van der Waals surface area contributed by atoms with E-state index in [0.29, 0.717) is 28.5 Å². The van der Waals surface area contributed by atoms with Gasteiger partial charge >= 0.3 is 170 Å². The predicted octanol–water partition coefficient (Wildman–Crippen LogP) is 2.77. The third-order valence-corrected chi connectivity index (χ3v) is 4.42. The number of hydrogen-bond acceptors (Lipinski definition) is 7. The minimum absolute atomic E-state index is 0.150. The van der Waals surface area contributed by atoms with Crippen molar-refractivity contribution in [3.8, 4) is 28.3 Å². The van der Waals surface area contributed by atoms with E-state index in [2.05, 4.69) is 25.2 Å². The molecule has 0 aliphatic heterocycles. The number of ether oxygens (including phenoxy) is 1. The number of halogens is 2. The van der Waals surface area contributed by atoms with Gasteiger partial charge in [0.15, 0.2) is 0 Å². The number of alkyl halides is 2. The van der Waals surface area contributed by atoms with Gasteiger partial charge in [0.2, 0.25) is 0 Å². The van der Waals surface area contributed by atoms with E-state index in [1.54, 1.807) is 37.1 Å². The summed E-state index contributed by atoms with van der Waals surface area (Å²) >= 11 is 0. The summed E-state index contributed by atoms with van der Waals surface area (Å²) < 4.78 is 32.9. The zero-order valence-corrected chi connectivity index (χ0v) is 15.9. The van der Waals surface area contributed by atoms with E-state index in [4.69, 9.17) is 10.5 Å². The molecule has 0 fully saturated rings. The molecule has 0 aromatic carbocycles. The van der Waals surface area contributed by atoms with E-state index >= 15 is 0 Å². The van der Waals surface area contributed by atoms with Gasteiger partial charge in [-0.15, -0.1) is 0 Å². The van der Waals surface area contributed by atoms with Crippen molar-refractivity contribution < 1.29 is 13.5 Å². The zero-order chi connectivity index (χ0) is 21.1. The molecule has 0 amide bonds. The van der Waals surface area contributed by atoms with Gasteiger partial charge in [0.25, 0.3) is 0 Å². The van der Waals surface area contributed by atoms with E-state index in [-0.39, 0.29) is 12.2 Å². The fourth-order valence-electron chi connectivity index (χ4n) is 2.76. The molecule has 4 aromatic rings. The quantitative estimate of drug-likeness (QED) is 0.524. The van der Waals surface area contributed by atoms with E-state index in [0.717, 1.165) is 17.5 Å². The Kier molecular flexibility index (Phi) is 5.42. The summed E-state index contributed by atoms with van der Waals surface area (Å²) in [6.45, 7) is 0.154. The van der Waals surface area contributed by atoms with E-state index in [1.807, 2.05) is 12.1 Å². The maximum absolute atomic E-state index is 12.7. The van der Waals surface area contributed by atoms with Crippen LogP contribution in [0.4, 0.5) is 14.6 Å². The van der Waals surface area contributed by atoms with Crippen molar-refractivity contribution in [2.75, 3.05) is 5.73 Å². The first-order chi connectivity index (χ1) is 14.5. The van der Waals surface area contributed by atoms with E-state index in [9.17, 15) is 8.78 Å². The van der Waals surface area contributed by atoms with Gasteiger partial charge < -0.3 is 0 Å². The molecule has 0 bridgehead atoms. The number of pyridine rings is 2. The molecule has 30 heavy (non-hydrogen) atoms. The third-order valence-electron chi connectivity index (χ3n) is 4.42. The average Bonchev–Trinajstić information content (AvgIpc) is 3.13. The van der Waals surface area contributed by atoms with Crippen molar-refractivity contribution in [2.24, 2.45) is 7.05 Å². The van der Waals surface area contributed by atoms with Crippen molar-refractivity contribution in [3.63, 3.8) is 0 Å². The summed E-state index contributed by atoms with van der Waals surface area (Å²) in [7, 11) is 3.32. The Labute approximate surface area is 171 Å². The maximum atomic E-state index is 12.7. The van der Waals surface area contributed by atoms with Gasteiger partial charge in [-0.2, -0.15) is 0 Å². The molecule has 150 valence electrons. The van der Waals surface area contributed by atoms with Crippen LogP contribution in [0.5, 0.6) is 5.64 Å². The topological polar surface area (TPSA) is 105 Å². The van der Waals surface area contributed by atoms with Gasteiger partial charge in [-0.3, -0.25) is 0 Å². The first-order valence-electron chi connectivity index (χ1n) is 8.95. The van der Waals surface area contributed by atoms with Crippen LogP contribution in [0, 0.1) is 0 Å². The second-order valence-electron chi connectivity index (χ2n) is 6.43. The molecule has 0 unspecified atom stereocenters. The van der Waals surface area contributed by atoms with E-state index < -0.39 is 6.43 Å². The number of nitrogens with zero attached hydrogens (tertiary/aromatic N) is 6. The minimum atomic E-state index is -2.57. The van der Waals surface area contributed by atoms with Crippen LogP contribution < -0.4 is 10.5 Å². The number of nitrogens with two attached hydrogens (primary N) is 1.